The highest BCUT2D eigenvalue weighted by atomic mass is 16.5. The fourth-order valence-electron chi connectivity index (χ4n) is 5.86. The van der Waals surface area contributed by atoms with Gasteiger partial charge in [-0.1, -0.05) is 74.1 Å². The summed E-state index contributed by atoms with van der Waals surface area (Å²) in [5, 5.41) is 17.4. The molecule has 1 aromatic rings. The first-order valence-electron chi connectivity index (χ1n) is 16.0. The zero-order valence-corrected chi connectivity index (χ0v) is 28.6. The number of methoxy groups -OCH3 is 2. The van der Waals surface area contributed by atoms with E-state index in [1.54, 1.807) is 57.6 Å². The van der Waals surface area contributed by atoms with Crippen LogP contribution in [0.15, 0.2) is 82.7 Å². The molecule has 1 aliphatic carbocycles. The zero-order valence-electron chi connectivity index (χ0n) is 28.6. The average Bonchev–Trinajstić information content (AvgIpc) is 3.02. The third kappa shape index (κ3) is 9.69. The highest BCUT2D eigenvalue weighted by molar-refractivity contribution is 6.39. The lowest BCUT2D eigenvalue weighted by molar-refractivity contribution is -0.120. The number of Topliss-reactive ketones (excluding diaryl/α,β-unsaturated/α-hetero) is 2. The Morgan fingerprint density at radius 1 is 1.00 bits per heavy atom. The molecule has 3 N–H and O–H groups in total. The summed E-state index contributed by atoms with van der Waals surface area (Å²) in [6, 6.07) is 8.94. The van der Waals surface area contributed by atoms with Crippen molar-refractivity contribution in [1.82, 2.24) is 15.5 Å². The summed E-state index contributed by atoms with van der Waals surface area (Å²) < 4.78 is 11.4. The quantitative estimate of drug-likeness (QED) is 0.300. The number of carbonyl (C=O) groups excluding carboxylic acids is 3. The third-order valence-corrected chi connectivity index (χ3v) is 8.48. The van der Waals surface area contributed by atoms with E-state index >= 15 is 0 Å². The number of aliphatic hydroxyl groups is 1. The molecule has 9 heteroatoms. The monoisotopic (exact) mass is 633 g/mol. The van der Waals surface area contributed by atoms with Crippen LogP contribution in [-0.4, -0.2) is 87.2 Å². The Balaban J connectivity index is 2.18. The van der Waals surface area contributed by atoms with Crippen molar-refractivity contribution in [3.63, 3.8) is 0 Å². The smallest absolute Gasteiger partial charge is 0.251 e. The summed E-state index contributed by atoms with van der Waals surface area (Å²) in [6.07, 6.45) is 7.08. The fourth-order valence-corrected chi connectivity index (χ4v) is 5.86. The van der Waals surface area contributed by atoms with E-state index in [0.717, 1.165) is 5.57 Å². The standard InChI is InChI=1S/C37H51N3O6/c1-23-19-26(4)34(41)30(46-8)22-24(2)21-29-32(38-17-18-40(5)6)36(43)31(27-14-10-9-11-15-27)33(35(29)42)39-37(44)25(3)13-12-16-28(20-23)45-7/h9-16,19,24,26,28,30,34,38,41H,17-18,20-22H2,1-8H3,(H,39,44)/b16-12+,23-19+,25-13+/t24-,26+,28-,30+,34-/m1/s1. The van der Waals surface area contributed by atoms with Crippen molar-refractivity contribution in [2.24, 2.45) is 11.8 Å². The molecule has 1 amide bonds. The molecular weight excluding hydrogens is 582 g/mol. The fraction of sp³-hybridized carbons (Fsp3) is 0.486. The van der Waals surface area contributed by atoms with Gasteiger partial charge in [0.1, 0.15) is 5.70 Å². The molecular formula is C37H51N3O6. The number of benzene rings is 1. The predicted octanol–water partition coefficient (Wildman–Crippen LogP) is 4.37. The van der Waals surface area contributed by atoms with E-state index in [-0.39, 0.29) is 47.1 Å². The first-order chi connectivity index (χ1) is 21.9. The Morgan fingerprint density at radius 2 is 1.70 bits per heavy atom. The van der Waals surface area contributed by atoms with E-state index in [4.69, 9.17) is 9.47 Å². The van der Waals surface area contributed by atoms with Crippen molar-refractivity contribution in [1.29, 1.82) is 0 Å². The summed E-state index contributed by atoms with van der Waals surface area (Å²) in [4.78, 5) is 44.2. The third-order valence-electron chi connectivity index (χ3n) is 8.48. The molecule has 2 aliphatic rings. The van der Waals surface area contributed by atoms with Gasteiger partial charge in [0.2, 0.25) is 11.6 Å². The van der Waals surface area contributed by atoms with E-state index < -0.39 is 23.9 Å². The number of ketones is 2. The van der Waals surface area contributed by atoms with Crippen LogP contribution < -0.4 is 10.6 Å². The van der Waals surface area contributed by atoms with Crippen molar-refractivity contribution in [3.05, 3.63) is 88.3 Å². The van der Waals surface area contributed by atoms with Crippen LogP contribution in [0.3, 0.4) is 0 Å². The molecule has 2 bridgehead atoms. The van der Waals surface area contributed by atoms with Gasteiger partial charge in [0.25, 0.3) is 5.91 Å². The summed E-state index contributed by atoms with van der Waals surface area (Å²) >= 11 is 0. The van der Waals surface area contributed by atoms with E-state index in [1.165, 1.54) is 0 Å². The first-order valence-corrected chi connectivity index (χ1v) is 16.0. The predicted molar refractivity (Wildman–Crippen MR) is 182 cm³/mol. The van der Waals surface area contributed by atoms with Crippen LogP contribution >= 0.6 is 0 Å². The number of rotatable bonds is 7. The van der Waals surface area contributed by atoms with Crippen LogP contribution in [-0.2, 0) is 23.9 Å². The number of hydrogen-bond donors (Lipinski definition) is 3. The molecule has 250 valence electrons. The van der Waals surface area contributed by atoms with Gasteiger partial charge in [-0.25, -0.2) is 0 Å². The van der Waals surface area contributed by atoms with Crippen molar-refractivity contribution >= 4 is 23.0 Å². The first kappa shape index (κ1) is 36.8. The Labute approximate surface area is 274 Å². The van der Waals surface area contributed by atoms with Gasteiger partial charge in [-0.05, 0) is 58.7 Å². The Hall–Kier alpha value is -3.63. The van der Waals surface area contributed by atoms with Crippen LogP contribution in [0.25, 0.3) is 5.57 Å². The molecule has 9 nitrogen and oxygen atoms in total. The van der Waals surface area contributed by atoms with Crippen LogP contribution in [0.5, 0.6) is 0 Å². The maximum Gasteiger partial charge on any atom is 0.251 e. The lowest BCUT2D eigenvalue weighted by Gasteiger charge is -2.30. The Morgan fingerprint density at radius 3 is 2.33 bits per heavy atom. The topological polar surface area (TPSA) is 117 Å². The lowest BCUT2D eigenvalue weighted by Crippen LogP contribution is -2.40. The molecule has 0 radical (unpaired) electrons. The minimum atomic E-state index is -0.790. The number of allylic oxidation sites excluding steroid dienone is 4. The molecule has 0 saturated carbocycles. The number of amides is 1. The molecule has 0 saturated heterocycles. The highest BCUT2D eigenvalue weighted by Gasteiger charge is 2.37. The number of carbonyl (C=O) groups is 3. The van der Waals surface area contributed by atoms with Crippen molar-refractivity contribution in [3.8, 4) is 0 Å². The van der Waals surface area contributed by atoms with Gasteiger partial charge in [-0.2, -0.15) is 0 Å². The van der Waals surface area contributed by atoms with Crippen LogP contribution in [0.1, 0.15) is 52.5 Å². The molecule has 1 aromatic carbocycles. The van der Waals surface area contributed by atoms with Crippen LogP contribution in [0.2, 0.25) is 0 Å². The van der Waals surface area contributed by atoms with E-state index in [9.17, 15) is 19.5 Å². The minimum absolute atomic E-state index is 0.0391. The van der Waals surface area contributed by atoms with Crippen molar-refractivity contribution in [2.45, 2.75) is 65.3 Å². The lowest BCUT2D eigenvalue weighted by atomic mass is 9.81. The van der Waals surface area contributed by atoms with E-state index in [2.05, 4.69) is 10.6 Å². The maximum atomic E-state index is 14.4. The molecule has 1 heterocycles. The number of likely N-dealkylation sites (N-methyl/N-ethyl adjacent to an activating group) is 1. The van der Waals surface area contributed by atoms with Gasteiger partial charge in [0, 0.05) is 44.4 Å². The number of ether oxygens (including phenoxy) is 2. The maximum absolute atomic E-state index is 14.4. The molecule has 0 aromatic heterocycles. The Bertz CT molecular complexity index is 1410. The van der Waals surface area contributed by atoms with Crippen molar-refractivity contribution in [2.75, 3.05) is 41.4 Å². The molecule has 3 rings (SSSR count). The summed E-state index contributed by atoms with van der Waals surface area (Å²) in [5.74, 6) is -1.59. The average molecular weight is 634 g/mol. The molecule has 46 heavy (non-hydrogen) atoms. The summed E-state index contributed by atoms with van der Waals surface area (Å²) in [7, 11) is 7.07. The van der Waals surface area contributed by atoms with E-state index in [1.807, 2.05) is 58.0 Å². The van der Waals surface area contributed by atoms with E-state index in [0.29, 0.717) is 42.6 Å². The summed E-state index contributed by atoms with van der Waals surface area (Å²) in [5.41, 5.74) is 2.62. The SMILES string of the molecule is CO[C@@H]1/C=C/C=C(\C)C(=O)NC2=C(c3ccccc3)C(=O)C(NCCN(C)C)=C(C[C@@H](C)C[C@H](OC)[C@H](O)[C@@H](C)/C=C(\C)C1)C2=O. The molecule has 5 atom stereocenters. The van der Waals surface area contributed by atoms with Gasteiger partial charge in [-0.15, -0.1) is 0 Å². The normalized spacial score (nSPS) is 28.8. The molecule has 0 unspecified atom stereocenters. The number of fused-ring (bicyclic) bond motifs is 2. The minimum Gasteiger partial charge on any atom is -0.390 e. The van der Waals surface area contributed by atoms with Gasteiger partial charge in [-0.3, -0.25) is 14.4 Å². The van der Waals surface area contributed by atoms with Gasteiger partial charge in [0.15, 0.2) is 0 Å². The number of hydrogen-bond acceptors (Lipinski definition) is 8. The van der Waals surface area contributed by atoms with Crippen LogP contribution in [0.4, 0.5) is 0 Å². The molecule has 1 aliphatic heterocycles. The Kier molecular flexibility index (Phi) is 13.9. The second-order valence-electron chi connectivity index (χ2n) is 12.7. The summed E-state index contributed by atoms with van der Waals surface area (Å²) in [6.45, 7) is 8.69. The zero-order chi connectivity index (χ0) is 34.0. The van der Waals surface area contributed by atoms with Gasteiger partial charge >= 0.3 is 0 Å². The molecule has 0 spiro atoms. The van der Waals surface area contributed by atoms with Gasteiger partial charge in [0.05, 0.1) is 29.6 Å². The molecule has 0 fully saturated rings. The number of aliphatic hydroxyl groups excluding tert-OH is 1. The number of nitrogens with one attached hydrogen (secondary N) is 2. The van der Waals surface area contributed by atoms with Crippen LogP contribution in [0, 0.1) is 11.8 Å². The van der Waals surface area contributed by atoms with Gasteiger partial charge < -0.3 is 30.1 Å². The second-order valence-corrected chi connectivity index (χ2v) is 12.7. The van der Waals surface area contributed by atoms with Crippen molar-refractivity contribution < 1.29 is 29.0 Å². The highest BCUT2D eigenvalue weighted by Crippen LogP contribution is 2.34. The second kappa shape index (κ2) is 17.3. The number of nitrogens with zero attached hydrogens (tertiary/aromatic N) is 1. The largest absolute Gasteiger partial charge is 0.390 e.